The van der Waals surface area contributed by atoms with Crippen molar-refractivity contribution >= 4 is 0 Å². The molecule has 3 rings (SSSR count). The Labute approximate surface area is 116 Å². The van der Waals surface area contributed by atoms with Gasteiger partial charge in [0, 0.05) is 12.1 Å². The van der Waals surface area contributed by atoms with Gasteiger partial charge in [0.05, 0.1) is 0 Å². The molecule has 1 aromatic rings. The van der Waals surface area contributed by atoms with Gasteiger partial charge in [0.2, 0.25) is 0 Å². The van der Waals surface area contributed by atoms with E-state index in [1.807, 2.05) is 12.1 Å². The van der Waals surface area contributed by atoms with Crippen molar-refractivity contribution in [3.63, 3.8) is 0 Å². The van der Waals surface area contributed by atoms with E-state index in [0.29, 0.717) is 11.8 Å². The second kappa shape index (κ2) is 5.54. The monoisotopic (exact) mass is 259 g/mol. The van der Waals surface area contributed by atoms with Crippen molar-refractivity contribution in [2.75, 3.05) is 7.05 Å². The van der Waals surface area contributed by atoms with Gasteiger partial charge in [0.1, 0.15) is 5.75 Å². The Balaban J connectivity index is 1.78. The molecule has 0 radical (unpaired) electrons. The fourth-order valence-electron chi connectivity index (χ4n) is 3.96. The van der Waals surface area contributed by atoms with Crippen LogP contribution in [0.15, 0.2) is 18.2 Å². The van der Waals surface area contributed by atoms with Gasteiger partial charge < -0.3 is 5.11 Å². The van der Waals surface area contributed by atoms with E-state index in [2.05, 4.69) is 18.0 Å². The third-order valence-corrected chi connectivity index (χ3v) is 5.11. The number of phenols is 1. The lowest BCUT2D eigenvalue weighted by atomic mass is 10.0. The van der Waals surface area contributed by atoms with Crippen LogP contribution in [0.5, 0.6) is 5.75 Å². The molecule has 2 aliphatic rings. The molecule has 1 aromatic carbocycles. The normalized spacial score (nSPS) is 24.4. The van der Waals surface area contributed by atoms with Crippen molar-refractivity contribution in [2.24, 2.45) is 0 Å². The minimum Gasteiger partial charge on any atom is -0.508 e. The summed E-state index contributed by atoms with van der Waals surface area (Å²) in [7, 11) is 2.29. The van der Waals surface area contributed by atoms with Gasteiger partial charge in [-0.25, -0.2) is 0 Å². The Kier molecular flexibility index (Phi) is 3.79. The molecule has 1 N–H and O–H groups in total. The molecular weight excluding hydrogens is 234 g/mol. The average molecular weight is 259 g/mol. The Morgan fingerprint density at radius 3 is 2.53 bits per heavy atom. The van der Waals surface area contributed by atoms with Crippen LogP contribution in [0.3, 0.4) is 0 Å². The molecule has 104 valence electrons. The van der Waals surface area contributed by atoms with Crippen LogP contribution >= 0.6 is 0 Å². The molecule has 1 saturated carbocycles. The summed E-state index contributed by atoms with van der Waals surface area (Å²) in [5.41, 5.74) is 2.56. The summed E-state index contributed by atoms with van der Waals surface area (Å²) in [6.45, 7) is 0. The molecule has 2 nitrogen and oxygen atoms in total. The van der Waals surface area contributed by atoms with Crippen molar-refractivity contribution in [2.45, 2.75) is 63.5 Å². The van der Waals surface area contributed by atoms with Crippen molar-refractivity contribution in [3.05, 3.63) is 29.3 Å². The summed E-state index contributed by atoms with van der Waals surface area (Å²) in [5.74, 6) is 0.495. The zero-order valence-corrected chi connectivity index (χ0v) is 11.9. The summed E-state index contributed by atoms with van der Waals surface area (Å²) < 4.78 is 0. The highest BCUT2D eigenvalue weighted by Gasteiger charge is 2.31. The number of benzene rings is 1. The van der Waals surface area contributed by atoms with E-state index in [4.69, 9.17) is 0 Å². The summed E-state index contributed by atoms with van der Waals surface area (Å²) in [6.07, 6.45) is 10.5. The Bertz CT molecular complexity index is 435. The summed E-state index contributed by atoms with van der Waals surface area (Å²) in [4.78, 5) is 2.59. The molecule has 1 atom stereocenters. The topological polar surface area (TPSA) is 23.5 Å². The van der Waals surface area contributed by atoms with E-state index in [0.717, 1.165) is 12.5 Å². The predicted molar refractivity (Wildman–Crippen MR) is 78.4 cm³/mol. The van der Waals surface area contributed by atoms with E-state index < -0.39 is 0 Å². The molecule has 2 aliphatic carbocycles. The SMILES string of the molecule is CN(C1CCCCCC1)C1CCc2c(O)cccc21. The first kappa shape index (κ1) is 13.0. The van der Waals surface area contributed by atoms with E-state index >= 15 is 0 Å². The van der Waals surface area contributed by atoms with Crippen LogP contribution in [0.25, 0.3) is 0 Å². The molecule has 0 heterocycles. The standard InChI is InChI=1S/C17H25NO/c1-18(13-7-4-2-3-5-8-13)16-12-11-15-14(16)9-6-10-17(15)19/h6,9-10,13,16,19H,2-5,7-8,11-12H2,1H3. The molecular formula is C17H25NO. The van der Waals surface area contributed by atoms with E-state index in [1.54, 1.807) is 0 Å². The second-order valence-electron chi connectivity index (χ2n) is 6.21. The zero-order valence-electron chi connectivity index (χ0n) is 11.9. The number of phenolic OH excluding ortho intramolecular Hbond substituents is 1. The van der Waals surface area contributed by atoms with E-state index in [9.17, 15) is 5.11 Å². The van der Waals surface area contributed by atoms with Crippen LogP contribution in [0.2, 0.25) is 0 Å². The van der Waals surface area contributed by atoms with Gasteiger partial charge in [-0.2, -0.15) is 0 Å². The summed E-state index contributed by atoms with van der Waals surface area (Å²) >= 11 is 0. The molecule has 19 heavy (non-hydrogen) atoms. The molecule has 0 amide bonds. The summed E-state index contributed by atoms with van der Waals surface area (Å²) in [5, 5.41) is 9.97. The van der Waals surface area contributed by atoms with Crippen molar-refractivity contribution in [3.8, 4) is 5.75 Å². The number of fused-ring (bicyclic) bond motifs is 1. The number of hydrogen-bond donors (Lipinski definition) is 1. The van der Waals surface area contributed by atoms with Gasteiger partial charge in [0.25, 0.3) is 0 Å². The maximum atomic E-state index is 9.97. The van der Waals surface area contributed by atoms with Crippen LogP contribution in [-0.2, 0) is 6.42 Å². The lowest BCUT2D eigenvalue weighted by Crippen LogP contribution is -2.34. The Hall–Kier alpha value is -1.02. The average Bonchev–Trinajstić information content (AvgIpc) is 2.67. The van der Waals surface area contributed by atoms with Gasteiger partial charge in [-0.3, -0.25) is 4.90 Å². The number of hydrogen-bond acceptors (Lipinski definition) is 2. The number of rotatable bonds is 2. The first-order valence-corrected chi connectivity index (χ1v) is 7.80. The maximum absolute atomic E-state index is 9.97. The van der Waals surface area contributed by atoms with E-state index in [1.165, 1.54) is 56.1 Å². The van der Waals surface area contributed by atoms with Gasteiger partial charge in [-0.1, -0.05) is 37.8 Å². The van der Waals surface area contributed by atoms with Gasteiger partial charge in [0.15, 0.2) is 0 Å². The van der Waals surface area contributed by atoms with Crippen molar-refractivity contribution in [1.29, 1.82) is 0 Å². The third-order valence-electron chi connectivity index (χ3n) is 5.11. The van der Waals surface area contributed by atoms with Crippen molar-refractivity contribution < 1.29 is 5.11 Å². The molecule has 1 unspecified atom stereocenters. The highest BCUT2D eigenvalue weighted by molar-refractivity contribution is 5.44. The molecule has 0 bridgehead atoms. The minimum atomic E-state index is 0.495. The third kappa shape index (κ3) is 2.51. The zero-order chi connectivity index (χ0) is 13.2. The Morgan fingerprint density at radius 1 is 1.05 bits per heavy atom. The van der Waals surface area contributed by atoms with Crippen LogP contribution in [-0.4, -0.2) is 23.1 Å². The van der Waals surface area contributed by atoms with Crippen LogP contribution in [0.1, 0.15) is 62.1 Å². The van der Waals surface area contributed by atoms with Gasteiger partial charge >= 0.3 is 0 Å². The smallest absolute Gasteiger partial charge is 0.119 e. The molecule has 0 aliphatic heterocycles. The van der Waals surface area contributed by atoms with Gasteiger partial charge in [-0.15, -0.1) is 0 Å². The highest BCUT2D eigenvalue weighted by Crippen LogP contribution is 2.41. The lowest BCUT2D eigenvalue weighted by Gasteiger charge is -2.33. The maximum Gasteiger partial charge on any atom is 0.119 e. The molecule has 2 heteroatoms. The first-order chi connectivity index (χ1) is 9.27. The number of nitrogens with zero attached hydrogens (tertiary/aromatic N) is 1. The van der Waals surface area contributed by atoms with Crippen molar-refractivity contribution in [1.82, 2.24) is 4.90 Å². The lowest BCUT2D eigenvalue weighted by molar-refractivity contribution is 0.157. The quantitative estimate of drug-likeness (QED) is 0.810. The largest absolute Gasteiger partial charge is 0.508 e. The molecule has 0 saturated heterocycles. The fourth-order valence-corrected chi connectivity index (χ4v) is 3.96. The van der Waals surface area contributed by atoms with Gasteiger partial charge in [-0.05, 0) is 49.9 Å². The van der Waals surface area contributed by atoms with Crippen LogP contribution in [0.4, 0.5) is 0 Å². The Morgan fingerprint density at radius 2 is 1.79 bits per heavy atom. The molecule has 1 fully saturated rings. The second-order valence-corrected chi connectivity index (χ2v) is 6.21. The van der Waals surface area contributed by atoms with E-state index in [-0.39, 0.29) is 0 Å². The highest BCUT2D eigenvalue weighted by atomic mass is 16.3. The minimum absolute atomic E-state index is 0.495. The predicted octanol–water partition coefficient (Wildman–Crippen LogP) is 4.03. The first-order valence-electron chi connectivity index (χ1n) is 7.80. The van der Waals surface area contributed by atoms with Crippen LogP contribution < -0.4 is 0 Å². The fraction of sp³-hybridized carbons (Fsp3) is 0.647. The number of aromatic hydroxyl groups is 1. The van der Waals surface area contributed by atoms with Crippen LogP contribution in [0, 0.1) is 0 Å². The molecule has 0 aromatic heterocycles. The summed E-state index contributed by atoms with van der Waals surface area (Å²) in [6, 6.07) is 7.28. The molecule has 0 spiro atoms.